The number of amides is 2. The Morgan fingerprint density at radius 3 is 2.70 bits per heavy atom. The molecule has 1 N–H and O–H groups in total. The number of benzene rings is 1. The van der Waals surface area contributed by atoms with Crippen LogP contribution in [-0.2, 0) is 9.59 Å². The molecule has 158 valence electrons. The van der Waals surface area contributed by atoms with Crippen LogP contribution in [0, 0.1) is 10.1 Å². The summed E-state index contributed by atoms with van der Waals surface area (Å²) in [6.45, 7) is 0.386. The molecule has 1 heterocycles. The summed E-state index contributed by atoms with van der Waals surface area (Å²) < 4.78 is 0. The number of nitrogens with one attached hydrogen (secondary N) is 1. The molecule has 9 heteroatoms. The highest BCUT2D eigenvalue weighted by molar-refractivity contribution is 7.80. The Kier molecular flexibility index (Phi) is 6.61. The summed E-state index contributed by atoms with van der Waals surface area (Å²) in [7, 11) is 3.57. The highest BCUT2D eigenvalue weighted by Gasteiger charge is 2.33. The van der Waals surface area contributed by atoms with Crippen LogP contribution in [0.3, 0.4) is 0 Å². The van der Waals surface area contributed by atoms with Crippen molar-refractivity contribution in [1.82, 2.24) is 10.2 Å². The second-order valence-electron chi connectivity index (χ2n) is 7.53. The number of thiocarbonyl (C=S) groups is 1. The molecule has 30 heavy (non-hydrogen) atoms. The minimum Gasteiger partial charge on any atom is -0.377 e. The zero-order valence-corrected chi connectivity index (χ0v) is 17.8. The lowest BCUT2D eigenvalue weighted by Crippen LogP contribution is -2.54. The standard InChI is InChI=1S/C21H24N4O4S/c1-23(2)18-9-8-16(25(28)29)12-15(18)13-17-19(26)22-21(30)24(20(17)27)11-10-14-6-4-3-5-7-14/h6,8-9,12-13H,3-5,7,10-11H2,1-2H3,(H,22,26,30)/b17-13-. The molecule has 0 atom stereocenters. The molecule has 0 radical (unpaired) electrons. The van der Waals surface area contributed by atoms with Gasteiger partial charge in [0.15, 0.2) is 5.11 Å². The van der Waals surface area contributed by atoms with E-state index < -0.39 is 16.7 Å². The van der Waals surface area contributed by atoms with Gasteiger partial charge in [0, 0.05) is 44.0 Å². The first kappa shape index (κ1) is 21.6. The van der Waals surface area contributed by atoms with Crippen molar-refractivity contribution in [3.05, 3.63) is 51.1 Å². The van der Waals surface area contributed by atoms with Crippen LogP contribution in [-0.4, -0.2) is 47.4 Å². The maximum atomic E-state index is 13.1. The molecular weight excluding hydrogens is 404 g/mol. The van der Waals surface area contributed by atoms with Gasteiger partial charge in [-0.25, -0.2) is 0 Å². The van der Waals surface area contributed by atoms with E-state index in [0.717, 1.165) is 19.3 Å². The molecule has 2 aliphatic rings. The summed E-state index contributed by atoms with van der Waals surface area (Å²) in [4.78, 5) is 39.4. The highest BCUT2D eigenvalue weighted by Crippen LogP contribution is 2.28. The summed E-state index contributed by atoms with van der Waals surface area (Å²) in [6, 6.07) is 4.33. The molecule has 0 unspecified atom stereocenters. The fraction of sp³-hybridized carbons (Fsp3) is 0.381. The van der Waals surface area contributed by atoms with Crippen LogP contribution in [0.5, 0.6) is 0 Å². The number of nitro benzene ring substituents is 1. The molecule has 1 aliphatic carbocycles. The van der Waals surface area contributed by atoms with Gasteiger partial charge < -0.3 is 4.90 Å². The lowest BCUT2D eigenvalue weighted by molar-refractivity contribution is -0.384. The van der Waals surface area contributed by atoms with Gasteiger partial charge in [0.25, 0.3) is 17.5 Å². The number of anilines is 1. The molecule has 0 bridgehead atoms. The molecule has 1 aromatic carbocycles. The van der Waals surface area contributed by atoms with Gasteiger partial charge in [-0.05, 0) is 56.5 Å². The number of nitro groups is 1. The molecule has 1 aliphatic heterocycles. The van der Waals surface area contributed by atoms with Crippen LogP contribution < -0.4 is 10.2 Å². The quantitative estimate of drug-likeness (QED) is 0.187. The van der Waals surface area contributed by atoms with Crippen molar-refractivity contribution in [2.75, 3.05) is 25.5 Å². The van der Waals surface area contributed by atoms with E-state index in [9.17, 15) is 19.7 Å². The second-order valence-corrected chi connectivity index (χ2v) is 7.91. The maximum Gasteiger partial charge on any atom is 0.270 e. The van der Waals surface area contributed by atoms with E-state index in [1.807, 2.05) is 0 Å². The van der Waals surface area contributed by atoms with E-state index in [2.05, 4.69) is 11.4 Å². The van der Waals surface area contributed by atoms with Gasteiger partial charge in [-0.1, -0.05) is 11.6 Å². The third-order valence-electron chi connectivity index (χ3n) is 5.23. The normalized spacial score (nSPS) is 18.3. The second kappa shape index (κ2) is 9.17. The summed E-state index contributed by atoms with van der Waals surface area (Å²) in [5, 5.41) is 13.8. The Balaban J connectivity index is 1.91. The largest absolute Gasteiger partial charge is 0.377 e. The van der Waals surface area contributed by atoms with Crippen LogP contribution in [0.2, 0.25) is 0 Å². The number of nitrogens with zero attached hydrogens (tertiary/aromatic N) is 3. The Morgan fingerprint density at radius 2 is 2.07 bits per heavy atom. The van der Waals surface area contributed by atoms with Gasteiger partial charge in [-0.15, -0.1) is 0 Å². The predicted molar refractivity (Wildman–Crippen MR) is 119 cm³/mol. The lowest BCUT2D eigenvalue weighted by atomic mass is 9.97. The van der Waals surface area contributed by atoms with E-state index in [1.165, 1.54) is 35.1 Å². The third-order valence-corrected chi connectivity index (χ3v) is 5.55. The number of non-ortho nitro benzene ring substituents is 1. The zero-order chi connectivity index (χ0) is 21.8. The van der Waals surface area contributed by atoms with Crippen LogP contribution >= 0.6 is 12.2 Å². The van der Waals surface area contributed by atoms with E-state index in [1.54, 1.807) is 25.1 Å². The molecule has 2 amide bonds. The number of rotatable bonds is 6. The first-order valence-electron chi connectivity index (χ1n) is 9.80. The monoisotopic (exact) mass is 428 g/mol. The lowest BCUT2D eigenvalue weighted by Gasteiger charge is -2.29. The van der Waals surface area contributed by atoms with Crippen LogP contribution in [0.4, 0.5) is 11.4 Å². The van der Waals surface area contributed by atoms with E-state index in [4.69, 9.17) is 12.2 Å². The average Bonchev–Trinajstić information content (AvgIpc) is 2.71. The number of hydrogen-bond donors (Lipinski definition) is 1. The summed E-state index contributed by atoms with van der Waals surface area (Å²) in [5.74, 6) is -1.09. The summed E-state index contributed by atoms with van der Waals surface area (Å²) in [6.07, 6.45) is 8.71. The molecule has 0 aromatic heterocycles. The predicted octanol–water partition coefficient (Wildman–Crippen LogP) is 3.18. The molecule has 1 fully saturated rings. The number of hydrogen-bond acceptors (Lipinski definition) is 6. The molecular formula is C21H24N4O4S. The van der Waals surface area contributed by atoms with E-state index >= 15 is 0 Å². The van der Waals surface area contributed by atoms with Crippen molar-refractivity contribution in [2.24, 2.45) is 0 Å². The van der Waals surface area contributed by atoms with Crippen LogP contribution in [0.25, 0.3) is 6.08 Å². The van der Waals surface area contributed by atoms with Crippen molar-refractivity contribution in [3.63, 3.8) is 0 Å². The summed E-state index contributed by atoms with van der Waals surface area (Å²) in [5.41, 5.74) is 2.15. The summed E-state index contributed by atoms with van der Waals surface area (Å²) >= 11 is 5.22. The minimum absolute atomic E-state index is 0.0884. The fourth-order valence-electron chi connectivity index (χ4n) is 3.62. The molecule has 0 saturated carbocycles. The van der Waals surface area contributed by atoms with Crippen molar-refractivity contribution < 1.29 is 14.5 Å². The topological polar surface area (TPSA) is 95.8 Å². The van der Waals surface area contributed by atoms with E-state index in [-0.39, 0.29) is 16.4 Å². The van der Waals surface area contributed by atoms with Gasteiger partial charge in [0.05, 0.1) is 4.92 Å². The first-order chi connectivity index (χ1) is 14.3. The Morgan fingerprint density at radius 1 is 1.30 bits per heavy atom. The fourth-order valence-corrected chi connectivity index (χ4v) is 3.88. The molecule has 1 aromatic rings. The highest BCUT2D eigenvalue weighted by atomic mass is 32.1. The minimum atomic E-state index is -0.602. The number of carbonyl (C=O) groups is 2. The molecule has 3 rings (SSSR count). The van der Waals surface area contributed by atoms with Crippen LogP contribution in [0.15, 0.2) is 35.4 Å². The number of carbonyl (C=O) groups excluding carboxylic acids is 2. The van der Waals surface area contributed by atoms with Crippen molar-refractivity contribution in [1.29, 1.82) is 0 Å². The molecule has 8 nitrogen and oxygen atoms in total. The van der Waals surface area contributed by atoms with Crippen LogP contribution in [0.1, 0.15) is 37.7 Å². The SMILES string of the molecule is CN(C)c1ccc([N+](=O)[O-])cc1/C=C1/C(=O)NC(=S)N(CCC2=CCCCC2)C1=O. The first-order valence-corrected chi connectivity index (χ1v) is 10.2. The third kappa shape index (κ3) is 4.73. The maximum absolute atomic E-state index is 13.1. The van der Waals surface area contributed by atoms with Gasteiger partial charge in [-0.3, -0.25) is 29.9 Å². The average molecular weight is 429 g/mol. The van der Waals surface area contributed by atoms with Gasteiger partial charge in [0.2, 0.25) is 0 Å². The smallest absolute Gasteiger partial charge is 0.270 e. The Bertz CT molecular complexity index is 968. The zero-order valence-electron chi connectivity index (χ0n) is 17.0. The van der Waals surface area contributed by atoms with Crippen molar-refractivity contribution in [2.45, 2.75) is 32.1 Å². The molecule has 1 saturated heterocycles. The Labute approximate surface area is 180 Å². The number of allylic oxidation sites excluding steroid dienone is 1. The Hall–Kier alpha value is -3.07. The van der Waals surface area contributed by atoms with Crippen molar-refractivity contribution >= 4 is 46.6 Å². The van der Waals surface area contributed by atoms with E-state index in [0.29, 0.717) is 24.2 Å². The van der Waals surface area contributed by atoms with Gasteiger partial charge in [-0.2, -0.15) is 0 Å². The van der Waals surface area contributed by atoms with Gasteiger partial charge >= 0.3 is 0 Å². The molecule has 0 spiro atoms. The van der Waals surface area contributed by atoms with Gasteiger partial charge in [0.1, 0.15) is 5.57 Å². The van der Waals surface area contributed by atoms with Crippen molar-refractivity contribution in [3.8, 4) is 0 Å².